The zero-order valence-corrected chi connectivity index (χ0v) is 18.9. The van der Waals surface area contributed by atoms with Crippen LogP contribution in [0.15, 0.2) is 75.3 Å². The Labute approximate surface area is 192 Å². The zero-order valence-electron chi connectivity index (χ0n) is 15.7. The number of rotatable bonds is 4. The van der Waals surface area contributed by atoms with Gasteiger partial charge in [0.1, 0.15) is 5.57 Å². The average Bonchev–Trinajstić information content (AvgIpc) is 3.15. The number of nitrogens with zero attached hydrogens (tertiary/aromatic N) is 1. The van der Waals surface area contributed by atoms with Crippen LogP contribution in [0.5, 0.6) is 0 Å². The second-order valence-corrected chi connectivity index (χ2v) is 9.77. The van der Waals surface area contributed by atoms with E-state index < -0.39 is 11.8 Å². The van der Waals surface area contributed by atoms with Crippen molar-refractivity contribution in [2.75, 3.05) is 4.90 Å². The first kappa shape index (κ1) is 20.8. The molecule has 1 saturated heterocycles. The molecule has 0 saturated carbocycles. The second kappa shape index (κ2) is 8.73. The van der Waals surface area contributed by atoms with Crippen molar-refractivity contribution in [1.29, 1.82) is 0 Å². The Morgan fingerprint density at radius 2 is 1.80 bits per heavy atom. The molecular formula is C22H15ClN2O2S3. The molecule has 1 aromatic heterocycles. The number of amides is 2. The smallest absolute Gasteiger partial charge is 0.270 e. The summed E-state index contributed by atoms with van der Waals surface area (Å²) in [5.41, 5.74) is 1.60. The van der Waals surface area contributed by atoms with Crippen LogP contribution in [0.3, 0.4) is 0 Å². The van der Waals surface area contributed by atoms with Crippen LogP contribution in [-0.2, 0) is 9.59 Å². The molecule has 0 bridgehead atoms. The van der Waals surface area contributed by atoms with E-state index in [0.29, 0.717) is 10.7 Å². The molecule has 2 amide bonds. The largest absolute Gasteiger partial charge is 0.298 e. The van der Waals surface area contributed by atoms with Crippen molar-refractivity contribution < 1.29 is 9.59 Å². The molecule has 0 atom stereocenters. The van der Waals surface area contributed by atoms with Gasteiger partial charge in [0, 0.05) is 14.8 Å². The molecule has 2 heterocycles. The fourth-order valence-corrected chi connectivity index (χ4v) is 5.38. The summed E-state index contributed by atoms with van der Waals surface area (Å²) in [4.78, 5) is 28.8. The van der Waals surface area contributed by atoms with E-state index in [1.807, 2.05) is 61.5 Å². The lowest BCUT2D eigenvalue weighted by Crippen LogP contribution is -2.54. The van der Waals surface area contributed by atoms with Crippen LogP contribution in [0.1, 0.15) is 10.4 Å². The summed E-state index contributed by atoms with van der Waals surface area (Å²) in [5.74, 6) is -0.923. The van der Waals surface area contributed by atoms with E-state index in [0.717, 1.165) is 19.5 Å². The van der Waals surface area contributed by atoms with Gasteiger partial charge in [-0.05, 0) is 73.2 Å². The number of nitrogens with one attached hydrogen (secondary N) is 1. The third-order valence-corrected chi connectivity index (χ3v) is 7.09. The minimum absolute atomic E-state index is 0.0525. The number of carbonyl (C=O) groups excluding carboxylic acids is 2. The highest BCUT2D eigenvalue weighted by Crippen LogP contribution is 2.35. The molecule has 1 aliphatic heterocycles. The summed E-state index contributed by atoms with van der Waals surface area (Å²) in [6, 6.07) is 18.9. The molecule has 4 rings (SSSR count). The summed E-state index contributed by atoms with van der Waals surface area (Å²) in [7, 11) is 0. The molecule has 4 nitrogen and oxygen atoms in total. The van der Waals surface area contributed by atoms with Gasteiger partial charge in [-0.2, -0.15) is 0 Å². The van der Waals surface area contributed by atoms with E-state index in [1.165, 1.54) is 16.2 Å². The van der Waals surface area contributed by atoms with E-state index in [-0.39, 0.29) is 10.7 Å². The molecule has 1 fully saturated rings. The Morgan fingerprint density at radius 3 is 2.53 bits per heavy atom. The molecular weight excluding hydrogens is 456 g/mol. The monoisotopic (exact) mass is 470 g/mol. The molecule has 1 N–H and O–H groups in total. The fraction of sp³-hybridized carbons (Fsp3) is 0.0455. The average molecular weight is 471 g/mol. The molecule has 0 aliphatic carbocycles. The molecule has 8 heteroatoms. The van der Waals surface area contributed by atoms with Gasteiger partial charge in [0.15, 0.2) is 5.11 Å². The number of aryl methyl sites for hydroxylation is 1. The number of benzene rings is 2. The van der Waals surface area contributed by atoms with Crippen LogP contribution < -0.4 is 10.2 Å². The topological polar surface area (TPSA) is 49.4 Å². The van der Waals surface area contributed by atoms with E-state index in [2.05, 4.69) is 5.32 Å². The molecule has 1 aliphatic rings. The van der Waals surface area contributed by atoms with Crippen molar-refractivity contribution in [2.24, 2.45) is 0 Å². The molecule has 30 heavy (non-hydrogen) atoms. The third kappa shape index (κ3) is 4.34. The van der Waals surface area contributed by atoms with Gasteiger partial charge in [-0.25, -0.2) is 0 Å². The maximum atomic E-state index is 13.1. The van der Waals surface area contributed by atoms with Crippen molar-refractivity contribution in [3.8, 4) is 0 Å². The van der Waals surface area contributed by atoms with Gasteiger partial charge in [0.25, 0.3) is 11.8 Å². The fourth-order valence-electron chi connectivity index (χ4n) is 2.92. The molecule has 2 aromatic carbocycles. The van der Waals surface area contributed by atoms with Crippen molar-refractivity contribution in [3.05, 3.63) is 81.7 Å². The van der Waals surface area contributed by atoms with Crippen molar-refractivity contribution in [3.63, 3.8) is 0 Å². The molecule has 0 unspecified atom stereocenters. The summed E-state index contributed by atoms with van der Waals surface area (Å²) < 4.78 is 1.04. The van der Waals surface area contributed by atoms with Crippen molar-refractivity contribution >= 4 is 75.6 Å². The molecule has 0 radical (unpaired) electrons. The molecule has 150 valence electrons. The lowest BCUT2D eigenvalue weighted by Gasteiger charge is -2.29. The number of thiophene rings is 1. The van der Waals surface area contributed by atoms with Crippen molar-refractivity contribution in [1.82, 2.24) is 5.32 Å². The highest BCUT2D eigenvalue weighted by Gasteiger charge is 2.35. The van der Waals surface area contributed by atoms with Gasteiger partial charge in [0.2, 0.25) is 0 Å². The Balaban J connectivity index is 1.61. The summed E-state index contributed by atoms with van der Waals surface area (Å²) in [5, 5.41) is 3.40. The summed E-state index contributed by atoms with van der Waals surface area (Å²) in [6.45, 7) is 1.89. The lowest BCUT2D eigenvalue weighted by atomic mass is 10.1. The predicted octanol–water partition coefficient (Wildman–Crippen LogP) is 5.69. The first-order valence-corrected chi connectivity index (χ1v) is 11.3. The lowest BCUT2D eigenvalue weighted by molar-refractivity contribution is -0.122. The van der Waals surface area contributed by atoms with E-state index in [1.54, 1.807) is 23.9 Å². The van der Waals surface area contributed by atoms with Crippen LogP contribution in [-0.4, -0.2) is 16.9 Å². The number of halogens is 1. The number of thiocarbonyl (C=S) groups is 1. The third-order valence-electron chi connectivity index (χ3n) is 4.38. The van der Waals surface area contributed by atoms with Gasteiger partial charge < -0.3 is 0 Å². The van der Waals surface area contributed by atoms with Gasteiger partial charge in [-0.1, -0.05) is 41.6 Å². The van der Waals surface area contributed by atoms with Crippen LogP contribution in [0.25, 0.3) is 6.08 Å². The second-order valence-electron chi connectivity index (χ2n) is 6.46. The minimum atomic E-state index is -0.491. The van der Waals surface area contributed by atoms with Crippen molar-refractivity contribution in [2.45, 2.75) is 16.0 Å². The van der Waals surface area contributed by atoms with Crippen LogP contribution >= 0.6 is 46.9 Å². The predicted molar refractivity (Wildman–Crippen MR) is 127 cm³/mol. The van der Waals surface area contributed by atoms with Gasteiger partial charge in [-0.3, -0.25) is 19.8 Å². The quantitative estimate of drug-likeness (QED) is 0.302. The van der Waals surface area contributed by atoms with Gasteiger partial charge in [0.05, 0.1) is 9.90 Å². The highest BCUT2D eigenvalue weighted by molar-refractivity contribution is 8.01. The Morgan fingerprint density at radius 1 is 1.07 bits per heavy atom. The number of anilines is 1. The first-order valence-electron chi connectivity index (χ1n) is 8.93. The number of hydrogen-bond donors (Lipinski definition) is 1. The summed E-state index contributed by atoms with van der Waals surface area (Å²) >= 11 is 14.3. The van der Waals surface area contributed by atoms with E-state index >= 15 is 0 Å². The SMILES string of the molecule is Cc1ccccc1N1C(=O)/C(=C/c2ccc(Sc3ccc(Cl)cc3)s2)C(=O)NC1=S. The Hall–Kier alpha value is -2.45. The van der Waals surface area contributed by atoms with Gasteiger partial charge >= 0.3 is 0 Å². The minimum Gasteiger partial charge on any atom is -0.298 e. The number of hydrogen-bond acceptors (Lipinski definition) is 5. The van der Waals surface area contributed by atoms with E-state index in [4.69, 9.17) is 23.8 Å². The first-order chi connectivity index (χ1) is 14.4. The normalized spacial score (nSPS) is 15.6. The van der Waals surface area contributed by atoms with E-state index in [9.17, 15) is 9.59 Å². The van der Waals surface area contributed by atoms with Crippen LogP contribution in [0.4, 0.5) is 5.69 Å². The molecule has 0 spiro atoms. The standard InChI is InChI=1S/C22H15ClN2O2S3/c1-13-4-2-3-5-18(13)25-21(27)17(20(26)24-22(25)28)12-16-10-11-19(30-16)29-15-8-6-14(23)7-9-15/h2-12H,1H3,(H,24,26,28)/b17-12+. The van der Waals surface area contributed by atoms with Crippen LogP contribution in [0, 0.1) is 6.92 Å². The van der Waals surface area contributed by atoms with Crippen LogP contribution in [0.2, 0.25) is 5.02 Å². The molecule has 3 aromatic rings. The number of para-hydroxylation sites is 1. The maximum Gasteiger partial charge on any atom is 0.270 e. The Bertz CT molecular complexity index is 1190. The highest BCUT2D eigenvalue weighted by atomic mass is 35.5. The number of carbonyl (C=O) groups is 2. The Kier molecular flexibility index (Phi) is 6.06. The maximum absolute atomic E-state index is 13.1. The van der Waals surface area contributed by atoms with Gasteiger partial charge in [-0.15, -0.1) is 11.3 Å². The zero-order chi connectivity index (χ0) is 21.3. The summed E-state index contributed by atoms with van der Waals surface area (Å²) in [6.07, 6.45) is 1.61.